The largest absolute Gasteiger partial charge is 0.507 e. The normalized spacial score (nSPS) is 17.4. The molecule has 3 aromatic rings. The van der Waals surface area contributed by atoms with Crippen LogP contribution in [-0.2, 0) is 21.5 Å². The summed E-state index contributed by atoms with van der Waals surface area (Å²) in [6, 6.07) is 14.2. The number of rotatable bonds is 5. The predicted octanol–water partition coefficient (Wildman–Crippen LogP) is 6.11. The van der Waals surface area contributed by atoms with Crippen molar-refractivity contribution < 1.29 is 28.9 Å². The van der Waals surface area contributed by atoms with Gasteiger partial charge in [0.25, 0.3) is 11.7 Å². The number of ether oxygens (including phenoxy) is 1. The van der Waals surface area contributed by atoms with Crippen LogP contribution in [0.3, 0.4) is 0 Å². The van der Waals surface area contributed by atoms with E-state index in [2.05, 4.69) is 0 Å². The Bertz CT molecular complexity index is 1410. The molecule has 1 heterocycles. The summed E-state index contributed by atoms with van der Waals surface area (Å²) in [7, 11) is 1.45. The van der Waals surface area contributed by atoms with Crippen molar-refractivity contribution >= 4 is 29.1 Å². The van der Waals surface area contributed by atoms with Crippen molar-refractivity contribution in [3.05, 3.63) is 99.3 Å². The second-order valence-corrected chi connectivity index (χ2v) is 10.3. The monoisotopic (exact) mass is 523 g/mol. The van der Waals surface area contributed by atoms with Gasteiger partial charge in [0, 0.05) is 6.54 Å². The molecule has 3 aromatic carbocycles. The number of aliphatic hydroxyl groups excluding tert-OH is 1. The number of nitrogens with zero attached hydrogens (tertiary/aromatic N) is 1. The first-order chi connectivity index (χ1) is 17.4. The molecule has 1 aliphatic heterocycles. The van der Waals surface area contributed by atoms with Crippen molar-refractivity contribution in [3.63, 3.8) is 0 Å². The highest BCUT2D eigenvalue weighted by Crippen LogP contribution is 2.43. The van der Waals surface area contributed by atoms with Gasteiger partial charge in [-0.2, -0.15) is 0 Å². The van der Waals surface area contributed by atoms with Crippen LogP contribution in [0.4, 0.5) is 4.39 Å². The van der Waals surface area contributed by atoms with E-state index in [1.807, 2.05) is 26.8 Å². The quantitative estimate of drug-likeness (QED) is 0.239. The summed E-state index contributed by atoms with van der Waals surface area (Å²) in [6.07, 6.45) is 0. The number of amides is 1. The van der Waals surface area contributed by atoms with Crippen LogP contribution in [0.2, 0.25) is 5.02 Å². The number of phenols is 1. The van der Waals surface area contributed by atoms with E-state index in [0.717, 1.165) is 5.56 Å². The Kier molecular flexibility index (Phi) is 7.02. The minimum absolute atomic E-state index is 0.0238. The first-order valence-electron chi connectivity index (χ1n) is 11.6. The van der Waals surface area contributed by atoms with E-state index in [1.54, 1.807) is 12.1 Å². The molecule has 1 unspecified atom stereocenters. The summed E-state index contributed by atoms with van der Waals surface area (Å²) in [5, 5.41) is 21.5. The van der Waals surface area contributed by atoms with Gasteiger partial charge in [-0.05, 0) is 58.5 Å². The zero-order chi connectivity index (χ0) is 27.1. The highest BCUT2D eigenvalue weighted by atomic mass is 35.5. The summed E-state index contributed by atoms with van der Waals surface area (Å²) in [5.74, 6) is -2.36. The Morgan fingerprint density at radius 2 is 1.73 bits per heavy atom. The molecule has 2 N–H and O–H groups in total. The van der Waals surface area contributed by atoms with Crippen molar-refractivity contribution in [1.82, 2.24) is 4.90 Å². The third-order valence-electron chi connectivity index (χ3n) is 6.41. The predicted molar refractivity (Wildman–Crippen MR) is 139 cm³/mol. The van der Waals surface area contributed by atoms with E-state index in [9.17, 15) is 24.2 Å². The van der Waals surface area contributed by atoms with Crippen LogP contribution in [0.5, 0.6) is 11.5 Å². The summed E-state index contributed by atoms with van der Waals surface area (Å²) in [4.78, 5) is 28.0. The highest BCUT2D eigenvalue weighted by molar-refractivity contribution is 6.46. The van der Waals surface area contributed by atoms with E-state index in [1.165, 1.54) is 54.5 Å². The van der Waals surface area contributed by atoms with Crippen molar-refractivity contribution in [3.8, 4) is 11.5 Å². The van der Waals surface area contributed by atoms with Gasteiger partial charge in [0.15, 0.2) is 0 Å². The molecule has 0 radical (unpaired) electrons. The summed E-state index contributed by atoms with van der Waals surface area (Å²) < 4.78 is 19.0. The van der Waals surface area contributed by atoms with Crippen molar-refractivity contribution in [2.24, 2.45) is 0 Å². The van der Waals surface area contributed by atoms with Crippen LogP contribution < -0.4 is 4.74 Å². The Morgan fingerprint density at radius 1 is 1.05 bits per heavy atom. The van der Waals surface area contributed by atoms with Gasteiger partial charge in [-0.1, -0.05) is 56.6 Å². The summed E-state index contributed by atoms with van der Waals surface area (Å²) in [6.45, 7) is 6.01. The SMILES string of the molecule is COc1ccc(C(C)(C)C)cc1/C(O)=C1\C(=O)C(=O)N(Cc2ccc(F)cc2)C1c1ccc(O)c(Cl)c1. The molecule has 1 fully saturated rings. The number of hydrogen-bond acceptors (Lipinski definition) is 5. The highest BCUT2D eigenvalue weighted by Gasteiger charge is 2.46. The average Bonchev–Trinajstić information content (AvgIpc) is 3.10. The zero-order valence-electron chi connectivity index (χ0n) is 20.9. The van der Waals surface area contributed by atoms with Gasteiger partial charge in [-0.15, -0.1) is 0 Å². The summed E-state index contributed by atoms with van der Waals surface area (Å²) in [5.41, 5.74) is 1.75. The molecule has 0 aromatic heterocycles. The number of methoxy groups -OCH3 is 1. The Hall–Kier alpha value is -3.84. The second-order valence-electron chi connectivity index (χ2n) is 9.93. The van der Waals surface area contributed by atoms with E-state index < -0.39 is 29.3 Å². The third kappa shape index (κ3) is 5.04. The third-order valence-corrected chi connectivity index (χ3v) is 6.72. The molecule has 0 bridgehead atoms. The van der Waals surface area contributed by atoms with Gasteiger partial charge in [0.1, 0.15) is 23.1 Å². The van der Waals surface area contributed by atoms with E-state index in [0.29, 0.717) is 16.9 Å². The molecule has 8 heteroatoms. The number of ketones is 1. The molecule has 0 spiro atoms. The van der Waals surface area contributed by atoms with Crippen LogP contribution in [0.1, 0.15) is 49.1 Å². The standard InChI is InChI=1S/C29H27ClFNO5/c1-29(2,3)18-8-12-23(37-4)20(14-18)26(34)24-25(17-7-11-22(33)21(30)13-17)32(28(36)27(24)35)15-16-5-9-19(31)10-6-16/h5-14,25,33-34H,15H2,1-4H3/b26-24+. The van der Waals surface area contributed by atoms with Gasteiger partial charge in [-0.25, -0.2) is 4.39 Å². The number of aliphatic hydroxyl groups is 1. The zero-order valence-corrected chi connectivity index (χ0v) is 21.6. The molecule has 1 saturated heterocycles. The molecular weight excluding hydrogens is 497 g/mol. The maximum absolute atomic E-state index is 13.5. The van der Waals surface area contributed by atoms with Crippen LogP contribution in [0, 0.1) is 5.82 Å². The number of carbonyl (C=O) groups is 2. The molecule has 4 rings (SSSR count). The number of hydrogen-bond donors (Lipinski definition) is 2. The Morgan fingerprint density at radius 3 is 2.32 bits per heavy atom. The number of benzene rings is 3. The first-order valence-corrected chi connectivity index (χ1v) is 12.0. The number of Topliss-reactive ketones (excluding diaryl/α,β-unsaturated/α-hetero) is 1. The smallest absolute Gasteiger partial charge is 0.295 e. The van der Waals surface area contributed by atoms with Crippen molar-refractivity contribution in [2.75, 3.05) is 7.11 Å². The molecule has 0 saturated carbocycles. The van der Waals surface area contributed by atoms with E-state index in [4.69, 9.17) is 16.3 Å². The van der Waals surface area contributed by atoms with Crippen LogP contribution in [-0.4, -0.2) is 33.9 Å². The van der Waals surface area contributed by atoms with Gasteiger partial charge >= 0.3 is 0 Å². The molecule has 37 heavy (non-hydrogen) atoms. The minimum atomic E-state index is -1.02. The maximum Gasteiger partial charge on any atom is 0.295 e. The Labute approximate surface area is 219 Å². The van der Waals surface area contributed by atoms with Gasteiger partial charge in [0.05, 0.1) is 29.3 Å². The summed E-state index contributed by atoms with van der Waals surface area (Å²) >= 11 is 6.17. The van der Waals surface area contributed by atoms with Crippen molar-refractivity contribution in [1.29, 1.82) is 0 Å². The molecule has 1 aliphatic rings. The number of aromatic hydroxyl groups is 1. The Balaban J connectivity index is 1.94. The maximum atomic E-state index is 13.5. The lowest BCUT2D eigenvalue weighted by Gasteiger charge is -2.26. The fraction of sp³-hybridized carbons (Fsp3) is 0.241. The fourth-order valence-corrected chi connectivity index (χ4v) is 4.56. The number of carbonyl (C=O) groups excluding carboxylic acids is 2. The first kappa shape index (κ1) is 26.2. The number of likely N-dealkylation sites (tertiary alicyclic amines) is 1. The molecule has 1 atom stereocenters. The van der Waals surface area contributed by atoms with Crippen LogP contribution >= 0.6 is 11.6 Å². The lowest BCUT2D eigenvalue weighted by molar-refractivity contribution is -0.140. The van der Waals surface area contributed by atoms with Crippen LogP contribution in [0.25, 0.3) is 5.76 Å². The lowest BCUT2D eigenvalue weighted by atomic mass is 9.85. The molecule has 192 valence electrons. The second kappa shape index (κ2) is 9.90. The van der Waals surface area contributed by atoms with Gasteiger partial charge in [-0.3, -0.25) is 9.59 Å². The molecule has 0 aliphatic carbocycles. The van der Waals surface area contributed by atoms with Gasteiger partial charge < -0.3 is 19.8 Å². The molecule has 1 amide bonds. The number of phenolic OH excluding ortho intramolecular Hbond substituents is 1. The minimum Gasteiger partial charge on any atom is -0.507 e. The van der Waals surface area contributed by atoms with E-state index >= 15 is 0 Å². The van der Waals surface area contributed by atoms with E-state index in [-0.39, 0.29) is 33.9 Å². The molecular formula is C29H27ClFNO5. The van der Waals surface area contributed by atoms with Gasteiger partial charge in [0.2, 0.25) is 0 Å². The molecule has 6 nitrogen and oxygen atoms in total. The average molecular weight is 524 g/mol. The lowest BCUT2D eigenvalue weighted by Crippen LogP contribution is -2.29. The van der Waals surface area contributed by atoms with Crippen LogP contribution in [0.15, 0.2) is 66.2 Å². The topological polar surface area (TPSA) is 87.1 Å². The fourth-order valence-electron chi connectivity index (χ4n) is 4.37. The van der Waals surface area contributed by atoms with Crippen molar-refractivity contribution in [2.45, 2.75) is 38.8 Å². The number of halogens is 2.